The van der Waals surface area contributed by atoms with Crippen LogP contribution in [0, 0.1) is 5.41 Å². The number of likely N-dealkylation sites (N-methyl/N-ethyl adjacent to an activating group) is 1. The lowest BCUT2D eigenvalue weighted by atomic mass is 9.91. The van der Waals surface area contributed by atoms with Crippen LogP contribution < -0.4 is 10.6 Å². The summed E-state index contributed by atoms with van der Waals surface area (Å²) < 4.78 is 0. The Labute approximate surface area is 141 Å². The van der Waals surface area contributed by atoms with Crippen LogP contribution in [0.25, 0.3) is 0 Å². The number of hydrogen-bond acceptors (Lipinski definition) is 3. The monoisotopic (exact) mass is 345 g/mol. The van der Waals surface area contributed by atoms with Crippen molar-refractivity contribution in [3.05, 3.63) is 28.2 Å². The Bertz CT molecular complexity index is 560. The highest BCUT2D eigenvalue weighted by atomic mass is 35.5. The molecule has 0 unspecified atom stereocenters. The van der Waals surface area contributed by atoms with Crippen molar-refractivity contribution in [2.75, 3.05) is 32.5 Å². The van der Waals surface area contributed by atoms with Crippen molar-refractivity contribution in [1.82, 2.24) is 10.2 Å². The van der Waals surface area contributed by atoms with Crippen molar-refractivity contribution >= 4 is 40.7 Å². The molecule has 0 aliphatic carbocycles. The van der Waals surface area contributed by atoms with E-state index in [4.69, 9.17) is 23.2 Å². The van der Waals surface area contributed by atoms with E-state index in [2.05, 4.69) is 10.6 Å². The molecule has 2 N–H and O–H groups in total. The van der Waals surface area contributed by atoms with Gasteiger partial charge in [-0.15, -0.1) is 0 Å². The molecule has 0 aliphatic rings. The SMILES string of the molecule is CN(C)CCNC(=O)C(C)(C)C(=O)Nc1cccc(Cl)c1Cl. The summed E-state index contributed by atoms with van der Waals surface area (Å²) in [6.45, 7) is 4.29. The van der Waals surface area contributed by atoms with E-state index in [-0.39, 0.29) is 10.9 Å². The number of anilines is 1. The first-order valence-corrected chi connectivity index (χ1v) is 7.60. The molecule has 122 valence electrons. The summed E-state index contributed by atoms with van der Waals surface area (Å²) >= 11 is 11.9. The quantitative estimate of drug-likeness (QED) is 0.779. The predicted molar refractivity (Wildman–Crippen MR) is 90.4 cm³/mol. The average molecular weight is 346 g/mol. The van der Waals surface area contributed by atoms with E-state index in [9.17, 15) is 9.59 Å². The van der Waals surface area contributed by atoms with Crippen LogP contribution in [0.5, 0.6) is 0 Å². The summed E-state index contributed by atoms with van der Waals surface area (Å²) in [6.07, 6.45) is 0. The number of carbonyl (C=O) groups excluding carboxylic acids is 2. The first-order chi connectivity index (χ1) is 10.2. The minimum atomic E-state index is -1.22. The standard InChI is InChI=1S/C15H21Cl2N3O2/c1-15(2,13(21)18-8-9-20(3)4)14(22)19-11-7-5-6-10(16)12(11)17/h5-7H,8-9H2,1-4H3,(H,18,21)(H,19,22). The van der Waals surface area contributed by atoms with Crippen molar-refractivity contribution in [2.45, 2.75) is 13.8 Å². The highest BCUT2D eigenvalue weighted by molar-refractivity contribution is 6.44. The number of nitrogens with zero attached hydrogens (tertiary/aromatic N) is 1. The van der Waals surface area contributed by atoms with Gasteiger partial charge in [-0.1, -0.05) is 29.3 Å². The minimum absolute atomic E-state index is 0.251. The fraction of sp³-hybridized carbons (Fsp3) is 0.467. The topological polar surface area (TPSA) is 61.4 Å². The molecule has 2 amide bonds. The maximum absolute atomic E-state index is 12.4. The lowest BCUT2D eigenvalue weighted by Gasteiger charge is -2.23. The molecule has 0 fully saturated rings. The van der Waals surface area contributed by atoms with Crippen LogP contribution in [-0.4, -0.2) is 43.9 Å². The molecule has 1 aromatic carbocycles. The van der Waals surface area contributed by atoms with Gasteiger partial charge in [0.05, 0.1) is 15.7 Å². The molecule has 0 saturated carbocycles. The lowest BCUT2D eigenvalue weighted by Crippen LogP contribution is -2.46. The largest absolute Gasteiger partial charge is 0.354 e. The summed E-state index contributed by atoms with van der Waals surface area (Å²) in [5.41, 5.74) is -0.842. The molecule has 0 aromatic heterocycles. The molecular formula is C15H21Cl2N3O2. The number of rotatable bonds is 6. The second-order valence-electron chi connectivity index (χ2n) is 5.74. The van der Waals surface area contributed by atoms with E-state index in [0.29, 0.717) is 23.8 Å². The van der Waals surface area contributed by atoms with Gasteiger partial charge in [0.15, 0.2) is 0 Å². The second-order valence-corrected chi connectivity index (χ2v) is 6.52. The van der Waals surface area contributed by atoms with E-state index in [1.165, 1.54) is 0 Å². The Morgan fingerprint density at radius 1 is 1.18 bits per heavy atom. The van der Waals surface area contributed by atoms with Gasteiger partial charge in [-0.3, -0.25) is 9.59 Å². The van der Waals surface area contributed by atoms with E-state index in [0.717, 1.165) is 0 Å². The number of amides is 2. The van der Waals surface area contributed by atoms with Crippen LogP contribution in [0.1, 0.15) is 13.8 Å². The van der Waals surface area contributed by atoms with Gasteiger partial charge < -0.3 is 15.5 Å². The molecule has 0 saturated heterocycles. The van der Waals surface area contributed by atoms with Crippen molar-refractivity contribution in [3.8, 4) is 0 Å². The third-order valence-electron chi connectivity index (χ3n) is 3.18. The number of halogens is 2. The average Bonchev–Trinajstić information content (AvgIpc) is 2.43. The molecule has 1 aromatic rings. The van der Waals surface area contributed by atoms with Gasteiger partial charge >= 0.3 is 0 Å². The third-order valence-corrected chi connectivity index (χ3v) is 4.00. The Morgan fingerprint density at radius 2 is 1.82 bits per heavy atom. The summed E-state index contributed by atoms with van der Waals surface area (Å²) in [5, 5.41) is 5.98. The fourth-order valence-electron chi connectivity index (χ4n) is 1.60. The van der Waals surface area contributed by atoms with Gasteiger partial charge in [0.25, 0.3) is 0 Å². The molecular weight excluding hydrogens is 325 g/mol. The van der Waals surface area contributed by atoms with E-state index in [1.54, 1.807) is 32.0 Å². The van der Waals surface area contributed by atoms with Crippen molar-refractivity contribution < 1.29 is 9.59 Å². The van der Waals surface area contributed by atoms with Gasteiger partial charge in [-0.05, 0) is 40.1 Å². The van der Waals surface area contributed by atoms with Gasteiger partial charge in [-0.2, -0.15) is 0 Å². The van der Waals surface area contributed by atoms with Crippen LogP contribution >= 0.6 is 23.2 Å². The van der Waals surface area contributed by atoms with E-state index < -0.39 is 11.3 Å². The highest BCUT2D eigenvalue weighted by Gasteiger charge is 2.36. The molecule has 0 aliphatic heterocycles. The first kappa shape index (κ1) is 18.7. The summed E-state index contributed by atoms with van der Waals surface area (Å²) in [6, 6.07) is 4.93. The highest BCUT2D eigenvalue weighted by Crippen LogP contribution is 2.30. The molecule has 22 heavy (non-hydrogen) atoms. The fourth-order valence-corrected chi connectivity index (χ4v) is 1.94. The number of carbonyl (C=O) groups is 2. The zero-order valence-corrected chi connectivity index (χ0v) is 14.7. The lowest BCUT2D eigenvalue weighted by molar-refractivity contribution is -0.138. The van der Waals surface area contributed by atoms with Gasteiger partial charge in [0.2, 0.25) is 11.8 Å². The summed E-state index contributed by atoms with van der Waals surface area (Å²) in [5.74, 6) is -0.788. The Hall–Kier alpha value is -1.30. The molecule has 5 nitrogen and oxygen atoms in total. The second kappa shape index (κ2) is 7.81. The number of benzene rings is 1. The van der Waals surface area contributed by atoms with Crippen LogP contribution in [-0.2, 0) is 9.59 Å². The number of hydrogen-bond donors (Lipinski definition) is 2. The van der Waals surface area contributed by atoms with Crippen LogP contribution in [0.4, 0.5) is 5.69 Å². The zero-order valence-electron chi connectivity index (χ0n) is 13.2. The van der Waals surface area contributed by atoms with E-state index >= 15 is 0 Å². The Balaban J connectivity index is 2.73. The molecule has 0 bridgehead atoms. The molecule has 0 radical (unpaired) electrons. The Kier molecular flexibility index (Phi) is 6.66. The van der Waals surface area contributed by atoms with Crippen molar-refractivity contribution in [2.24, 2.45) is 5.41 Å². The van der Waals surface area contributed by atoms with Crippen molar-refractivity contribution in [1.29, 1.82) is 0 Å². The zero-order chi connectivity index (χ0) is 16.9. The summed E-state index contributed by atoms with van der Waals surface area (Å²) in [7, 11) is 3.82. The predicted octanol–water partition coefficient (Wildman–Crippen LogP) is 2.64. The first-order valence-electron chi connectivity index (χ1n) is 6.84. The summed E-state index contributed by atoms with van der Waals surface area (Å²) in [4.78, 5) is 26.5. The van der Waals surface area contributed by atoms with Gasteiger partial charge in [0.1, 0.15) is 5.41 Å². The Morgan fingerprint density at radius 3 is 2.41 bits per heavy atom. The minimum Gasteiger partial charge on any atom is -0.354 e. The third kappa shape index (κ3) is 4.87. The number of nitrogens with one attached hydrogen (secondary N) is 2. The van der Waals surface area contributed by atoms with Crippen LogP contribution in [0.15, 0.2) is 18.2 Å². The van der Waals surface area contributed by atoms with Gasteiger partial charge in [0, 0.05) is 13.1 Å². The van der Waals surface area contributed by atoms with Gasteiger partial charge in [-0.25, -0.2) is 0 Å². The molecule has 7 heteroatoms. The maximum Gasteiger partial charge on any atom is 0.239 e. The molecule has 0 atom stereocenters. The maximum atomic E-state index is 12.4. The van der Waals surface area contributed by atoms with E-state index in [1.807, 2.05) is 19.0 Å². The van der Waals surface area contributed by atoms with Crippen LogP contribution in [0.3, 0.4) is 0 Å². The molecule has 1 rings (SSSR count). The molecule has 0 heterocycles. The van der Waals surface area contributed by atoms with Crippen molar-refractivity contribution in [3.63, 3.8) is 0 Å². The normalized spacial score (nSPS) is 11.4. The molecule has 0 spiro atoms. The van der Waals surface area contributed by atoms with Crippen LogP contribution in [0.2, 0.25) is 10.0 Å². The smallest absolute Gasteiger partial charge is 0.239 e.